The Morgan fingerprint density at radius 3 is 2.40 bits per heavy atom. The zero-order valence-electron chi connectivity index (χ0n) is 15.9. The van der Waals surface area contributed by atoms with Crippen LogP contribution in [-0.4, -0.2) is 33.8 Å². The molecule has 30 heavy (non-hydrogen) atoms. The molecule has 1 N–H and O–H groups in total. The Balaban J connectivity index is 1.26. The van der Waals surface area contributed by atoms with E-state index in [1.165, 1.54) is 11.8 Å². The first kappa shape index (κ1) is 20.5. The molecule has 7 heteroatoms. The van der Waals surface area contributed by atoms with Crippen LogP contribution in [0.3, 0.4) is 0 Å². The van der Waals surface area contributed by atoms with Crippen LogP contribution >= 0.6 is 23.4 Å². The predicted molar refractivity (Wildman–Crippen MR) is 119 cm³/mol. The van der Waals surface area contributed by atoms with Crippen LogP contribution in [0.5, 0.6) is 5.75 Å². The number of benzene rings is 3. The molecule has 0 bridgehead atoms. The van der Waals surface area contributed by atoms with Gasteiger partial charge in [-0.3, -0.25) is 0 Å². The first-order chi connectivity index (χ1) is 14.7. The molecule has 0 fully saturated rings. The van der Waals surface area contributed by atoms with E-state index in [0.717, 1.165) is 16.7 Å². The van der Waals surface area contributed by atoms with Crippen molar-refractivity contribution in [3.63, 3.8) is 0 Å². The van der Waals surface area contributed by atoms with Crippen molar-refractivity contribution in [1.82, 2.24) is 10.2 Å². The minimum atomic E-state index is -0.676. The van der Waals surface area contributed by atoms with E-state index in [1.807, 2.05) is 54.6 Å². The monoisotopic (exact) mass is 438 g/mol. The molecule has 0 spiro atoms. The molecule has 0 aliphatic rings. The zero-order valence-corrected chi connectivity index (χ0v) is 17.5. The van der Waals surface area contributed by atoms with Gasteiger partial charge in [-0.15, -0.1) is 10.2 Å². The number of aliphatic hydroxyl groups excluding tert-OH is 1. The van der Waals surface area contributed by atoms with Gasteiger partial charge in [-0.1, -0.05) is 71.9 Å². The minimum absolute atomic E-state index is 0.174. The van der Waals surface area contributed by atoms with E-state index in [0.29, 0.717) is 27.6 Å². The van der Waals surface area contributed by atoms with Crippen LogP contribution in [0, 0.1) is 0 Å². The highest BCUT2D eigenvalue weighted by molar-refractivity contribution is 7.99. The van der Waals surface area contributed by atoms with Crippen LogP contribution < -0.4 is 4.74 Å². The molecule has 152 valence electrons. The Bertz CT molecular complexity index is 1090. The Morgan fingerprint density at radius 1 is 0.900 bits per heavy atom. The molecule has 0 aliphatic heterocycles. The maximum atomic E-state index is 10.2. The predicted octanol–water partition coefficient (Wildman–Crippen LogP) is 5.59. The lowest BCUT2D eigenvalue weighted by molar-refractivity contribution is 0.126. The van der Waals surface area contributed by atoms with Gasteiger partial charge in [0.25, 0.3) is 5.22 Å². The lowest BCUT2D eigenvalue weighted by atomic mass is 10.1. The van der Waals surface area contributed by atoms with Crippen LogP contribution in [0.1, 0.15) is 0 Å². The molecule has 0 saturated carbocycles. The van der Waals surface area contributed by atoms with E-state index in [2.05, 4.69) is 22.3 Å². The van der Waals surface area contributed by atoms with Crippen LogP contribution in [-0.2, 0) is 0 Å². The number of aliphatic hydroxyl groups is 1. The summed E-state index contributed by atoms with van der Waals surface area (Å²) in [4.78, 5) is 0. The average Bonchev–Trinajstić information content (AvgIpc) is 3.26. The maximum Gasteiger partial charge on any atom is 0.276 e. The number of rotatable bonds is 8. The van der Waals surface area contributed by atoms with Gasteiger partial charge >= 0.3 is 0 Å². The molecule has 0 amide bonds. The molecule has 0 aliphatic carbocycles. The second-order valence-corrected chi connectivity index (χ2v) is 7.96. The van der Waals surface area contributed by atoms with Crippen molar-refractivity contribution < 1.29 is 14.3 Å². The Labute approximate surface area is 183 Å². The van der Waals surface area contributed by atoms with Gasteiger partial charge in [-0.05, 0) is 41.5 Å². The van der Waals surface area contributed by atoms with Gasteiger partial charge in [0.15, 0.2) is 0 Å². The van der Waals surface area contributed by atoms with E-state index in [1.54, 1.807) is 12.1 Å². The number of hydrogen-bond donors (Lipinski definition) is 1. The van der Waals surface area contributed by atoms with Crippen LogP contribution in [0.15, 0.2) is 88.5 Å². The van der Waals surface area contributed by atoms with E-state index < -0.39 is 6.10 Å². The summed E-state index contributed by atoms with van der Waals surface area (Å²) < 4.78 is 11.3. The van der Waals surface area contributed by atoms with Gasteiger partial charge < -0.3 is 14.3 Å². The Hall–Kier alpha value is -2.80. The van der Waals surface area contributed by atoms with Gasteiger partial charge in [-0.25, -0.2) is 0 Å². The molecule has 0 radical (unpaired) electrons. The third-order valence-corrected chi connectivity index (χ3v) is 5.48. The van der Waals surface area contributed by atoms with Gasteiger partial charge in [0, 0.05) is 16.3 Å². The molecule has 3 aromatic carbocycles. The van der Waals surface area contributed by atoms with Crippen LogP contribution in [0.2, 0.25) is 5.02 Å². The molecule has 4 aromatic rings. The minimum Gasteiger partial charge on any atom is -0.491 e. The Kier molecular flexibility index (Phi) is 6.69. The highest BCUT2D eigenvalue weighted by atomic mass is 35.5. The van der Waals surface area contributed by atoms with Crippen molar-refractivity contribution in [2.24, 2.45) is 0 Å². The summed E-state index contributed by atoms with van der Waals surface area (Å²) in [5, 5.41) is 19.2. The lowest BCUT2D eigenvalue weighted by Gasteiger charge is -2.11. The molecular weight excluding hydrogens is 420 g/mol. The smallest absolute Gasteiger partial charge is 0.276 e. The molecule has 0 saturated heterocycles. The second-order valence-electron chi connectivity index (χ2n) is 6.55. The number of hydrogen-bond acceptors (Lipinski definition) is 6. The normalized spacial score (nSPS) is 11.9. The van der Waals surface area contributed by atoms with Crippen molar-refractivity contribution in [2.45, 2.75) is 11.3 Å². The van der Waals surface area contributed by atoms with Crippen molar-refractivity contribution in [3.8, 4) is 28.3 Å². The van der Waals surface area contributed by atoms with E-state index in [-0.39, 0.29) is 6.61 Å². The second kappa shape index (κ2) is 9.80. The van der Waals surface area contributed by atoms with Crippen molar-refractivity contribution in [1.29, 1.82) is 0 Å². The van der Waals surface area contributed by atoms with Crippen molar-refractivity contribution in [3.05, 3.63) is 83.9 Å². The summed E-state index contributed by atoms with van der Waals surface area (Å²) in [6.45, 7) is 0.174. The quantitative estimate of drug-likeness (QED) is 0.362. The van der Waals surface area contributed by atoms with Gasteiger partial charge in [0.1, 0.15) is 12.4 Å². The average molecular weight is 439 g/mol. The fraction of sp³-hybridized carbons (Fsp3) is 0.130. The molecule has 1 atom stereocenters. The molecule has 4 rings (SSSR count). The first-order valence-electron chi connectivity index (χ1n) is 9.36. The van der Waals surface area contributed by atoms with Crippen molar-refractivity contribution in [2.75, 3.05) is 12.4 Å². The number of nitrogens with zero attached hydrogens (tertiary/aromatic N) is 2. The topological polar surface area (TPSA) is 68.4 Å². The number of ether oxygens (including phenoxy) is 1. The van der Waals surface area contributed by atoms with E-state index >= 15 is 0 Å². The van der Waals surface area contributed by atoms with Crippen LogP contribution in [0.4, 0.5) is 0 Å². The molecule has 1 aromatic heterocycles. The lowest BCUT2D eigenvalue weighted by Crippen LogP contribution is -2.20. The number of thioether (sulfide) groups is 1. The molecule has 1 heterocycles. The summed E-state index contributed by atoms with van der Waals surface area (Å²) in [6, 6.07) is 25.1. The summed E-state index contributed by atoms with van der Waals surface area (Å²) in [5.41, 5.74) is 3.02. The van der Waals surface area contributed by atoms with Crippen molar-refractivity contribution >= 4 is 23.4 Å². The molecule has 5 nitrogen and oxygen atoms in total. The SMILES string of the molecule is OC(COc1ccc(-c2ccccc2)cc1)CSc1nnc(-c2cccc(Cl)c2)o1. The van der Waals surface area contributed by atoms with Gasteiger partial charge in [-0.2, -0.15) is 0 Å². The van der Waals surface area contributed by atoms with Gasteiger partial charge in [0.05, 0.1) is 6.10 Å². The summed E-state index contributed by atoms with van der Waals surface area (Å²) in [5.74, 6) is 1.48. The van der Waals surface area contributed by atoms with Crippen LogP contribution in [0.25, 0.3) is 22.6 Å². The summed E-state index contributed by atoms with van der Waals surface area (Å²) >= 11 is 7.27. The largest absolute Gasteiger partial charge is 0.491 e. The summed E-state index contributed by atoms with van der Waals surface area (Å²) in [7, 11) is 0. The first-order valence-corrected chi connectivity index (χ1v) is 10.7. The standard InChI is InChI=1S/C23H19ClN2O3S/c24-19-8-4-7-18(13-19)22-25-26-23(29-22)30-15-20(27)14-28-21-11-9-17(10-12-21)16-5-2-1-3-6-16/h1-13,20,27H,14-15H2. The van der Waals surface area contributed by atoms with E-state index in [9.17, 15) is 5.11 Å². The zero-order chi connectivity index (χ0) is 20.8. The highest BCUT2D eigenvalue weighted by Crippen LogP contribution is 2.26. The number of aromatic nitrogens is 2. The van der Waals surface area contributed by atoms with Gasteiger partial charge in [0.2, 0.25) is 5.89 Å². The third kappa shape index (κ3) is 5.42. The Morgan fingerprint density at radius 2 is 1.63 bits per heavy atom. The highest BCUT2D eigenvalue weighted by Gasteiger charge is 2.13. The number of halogens is 1. The maximum absolute atomic E-state index is 10.2. The summed E-state index contributed by atoms with van der Waals surface area (Å²) in [6.07, 6.45) is -0.676. The molecular formula is C23H19ClN2O3S. The third-order valence-electron chi connectivity index (χ3n) is 4.28. The molecule has 1 unspecified atom stereocenters. The fourth-order valence-electron chi connectivity index (χ4n) is 2.79. The fourth-order valence-corrected chi connectivity index (χ4v) is 3.65. The van der Waals surface area contributed by atoms with E-state index in [4.69, 9.17) is 20.8 Å².